The summed E-state index contributed by atoms with van der Waals surface area (Å²) in [5.74, 6) is -1.32. The molecule has 0 spiro atoms. The van der Waals surface area contributed by atoms with Gasteiger partial charge < -0.3 is 10.0 Å². The maximum absolute atomic E-state index is 12.1. The summed E-state index contributed by atoms with van der Waals surface area (Å²) < 4.78 is 0. The molecule has 100 valence electrons. The highest BCUT2D eigenvalue weighted by molar-refractivity contribution is 5.82. The van der Waals surface area contributed by atoms with Crippen molar-refractivity contribution in [2.75, 3.05) is 0 Å². The van der Waals surface area contributed by atoms with Crippen LogP contribution in [-0.4, -0.2) is 32.9 Å². The molecule has 0 bridgehead atoms. The number of carbonyl (C=O) groups excluding carboxylic acids is 1. The smallest absolute Gasteiger partial charge is 0.309 e. The van der Waals surface area contributed by atoms with E-state index in [1.165, 1.54) is 0 Å². The predicted molar refractivity (Wildman–Crippen MR) is 67.2 cm³/mol. The van der Waals surface area contributed by atoms with Crippen molar-refractivity contribution in [1.29, 1.82) is 0 Å². The van der Waals surface area contributed by atoms with Gasteiger partial charge in [-0.05, 0) is 31.4 Å². The molecule has 1 saturated heterocycles. The molecule has 2 aliphatic rings. The average Bonchev–Trinajstić information content (AvgIpc) is 3.23. The van der Waals surface area contributed by atoms with E-state index in [4.69, 9.17) is 0 Å². The van der Waals surface area contributed by atoms with Crippen LogP contribution in [0.4, 0.5) is 0 Å². The molecule has 1 N–H and O–H groups in total. The number of carboxylic acid groups (broad SMARTS) is 1. The quantitative estimate of drug-likeness (QED) is 0.896. The molecule has 1 saturated carbocycles. The van der Waals surface area contributed by atoms with Gasteiger partial charge in [0.1, 0.15) is 0 Å². The number of nitrogens with zero attached hydrogens (tertiary/aromatic N) is 2. The molecule has 0 aromatic carbocycles. The van der Waals surface area contributed by atoms with E-state index in [9.17, 15) is 14.7 Å². The number of carbonyl (C=O) groups is 2. The van der Waals surface area contributed by atoms with Gasteiger partial charge in [-0.25, -0.2) is 0 Å². The van der Waals surface area contributed by atoms with E-state index in [-0.39, 0.29) is 11.9 Å². The molecule has 5 nitrogen and oxygen atoms in total. The molecule has 0 radical (unpaired) electrons. The molecule has 19 heavy (non-hydrogen) atoms. The fourth-order valence-electron chi connectivity index (χ4n) is 2.86. The summed E-state index contributed by atoms with van der Waals surface area (Å²) in [4.78, 5) is 29.6. The number of carboxylic acids is 1. The highest BCUT2D eigenvalue weighted by atomic mass is 16.4. The number of pyridine rings is 1. The van der Waals surface area contributed by atoms with Crippen molar-refractivity contribution < 1.29 is 14.7 Å². The number of aromatic nitrogens is 1. The Morgan fingerprint density at radius 3 is 2.68 bits per heavy atom. The number of aliphatic carboxylic acids is 1. The zero-order chi connectivity index (χ0) is 13.4. The summed E-state index contributed by atoms with van der Waals surface area (Å²) in [5.41, 5.74) is 0.690. The second-order valence-corrected chi connectivity index (χ2v) is 5.22. The van der Waals surface area contributed by atoms with Crippen molar-refractivity contribution >= 4 is 11.9 Å². The SMILES string of the molecule is O=C(O)C1CCC(=O)N(C2CC2)C1c1ccccn1. The standard InChI is InChI=1S/C14H16N2O3/c17-12-7-6-10(14(18)19)13(16(12)9-4-5-9)11-3-1-2-8-15-11/h1-3,8-10,13H,4-7H2,(H,18,19). The summed E-state index contributed by atoms with van der Waals surface area (Å²) in [6, 6.07) is 5.25. The van der Waals surface area contributed by atoms with Gasteiger partial charge in [0, 0.05) is 18.7 Å². The van der Waals surface area contributed by atoms with Crippen LogP contribution in [0.2, 0.25) is 0 Å². The second kappa shape index (κ2) is 4.64. The van der Waals surface area contributed by atoms with Crippen LogP contribution in [0.3, 0.4) is 0 Å². The average molecular weight is 260 g/mol. The van der Waals surface area contributed by atoms with Crippen molar-refractivity contribution in [1.82, 2.24) is 9.88 Å². The second-order valence-electron chi connectivity index (χ2n) is 5.22. The first-order chi connectivity index (χ1) is 9.18. The van der Waals surface area contributed by atoms with Crippen LogP contribution in [0, 0.1) is 5.92 Å². The van der Waals surface area contributed by atoms with E-state index in [1.807, 2.05) is 12.1 Å². The minimum absolute atomic E-state index is 0.0654. The molecule has 2 fully saturated rings. The van der Waals surface area contributed by atoms with Gasteiger partial charge in [-0.2, -0.15) is 0 Å². The topological polar surface area (TPSA) is 70.5 Å². The molecule has 1 aromatic rings. The summed E-state index contributed by atoms with van der Waals surface area (Å²) >= 11 is 0. The van der Waals surface area contributed by atoms with Gasteiger partial charge in [0.15, 0.2) is 0 Å². The van der Waals surface area contributed by atoms with E-state index in [2.05, 4.69) is 4.98 Å². The van der Waals surface area contributed by atoms with Crippen molar-refractivity contribution in [3.8, 4) is 0 Å². The van der Waals surface area contributed by atoms with E-state index in [0.29, 0.717) is 18.5 Å². The van der Waals surface area contributed by atoms with Crippen molar-refractivity contribution in [3.05, 3.63) is 30.1 Å². The number of likely N-dealkylation sites (tertiary alicyclic amines) is 1. The molecule has 2 heterocycles. The van der Waals surface area contributed by atoms with Gasteiger partial charge in [0.05, 0.1) is 17.7 Å². The molecule has 5 heteroatoms. The Balaban J connectivity index is 2.00. The van der Waals surface area contributed by atoms with Gasteiger partial charge in [-0.3, -0.25) is 14.6 Å². The van der Waals surface area contributed by atoms with Crippen LogP contribution in [0.5, 0.6) is 0 Å². The Hall–Kier alpha value is -1.91. The van der Waals surface area contributed by atoms with Crippen molar-refractivity contribution in [3.63, 3.8) is 0 Å². The molecule has 1 aliphatic carbocycles. The zero-order valence-electron chi connectivity index (χ0n) is 10.5. The molecule has 1 aromatic heterocycles. The summed E-state index contributed by atoms with van der Waals surface area (Å²) in [7, 11) is 0. The number of hydrogen-bond donors (Lipinski definition) is 1. The molecular weight excluding hydrogens is 244 g/mol. The van der Waals surface area contributed by atoms with Crippen LogP contribution in [0.15, 0.2) is 24.4 Å². The summed E-state index contributed by atoms with van der Waals surface area (Å²) in [6.07, 6.45) is 4.33. The van der Waals surface area contributed by atoms with Crippen molar-refractivity contribution in [2.24, 2.45) is 5.92 Å². The molecule has 2 atom stereocenters. The number of piperidine rings is 1. The third-order valence-electron chi connectivity index (χ3n) is 3.89. The summed E-state index contributed by atoms with van der Waals surface area (Å²) in [5, 5.41) is 9.41. The Bertz CT molecular complexity index is 499. The van der Waals surface area contributed by atoms with Gasteiger partial charge in [-0.15, -0.1) is 0 Å². The Labute approximate surface area is 111 Å². The Morgan fingerprint density at radius 2 is 2.11 bits per heavy atom. The van der Waals surface area contributed by atoms with E-state index >= 15 is 0 Å². The van der Waals surface area contributed by atoms with E-state index in [0.717, 1.165) is 12.8 Å². The van der Waals surface area contributed by atoms with E-state index < -0.39 is 17.9 Å². The van der Waals surface area contributed by atoms with E-state index in [1.54, 1.807) is 17.2 Å². The van der Waals surface area contributed by atoms with Crippen LogP contribution in [0.1, 0.15) is 37.4 Å². The van der Waals surface area contributed by atoms with Crippen LogP contribution in [0.25, 0.3) is 0 Å². The lowest BCUT2D eigenvalue weighted by atomic mass is 9.86. The normalized spacial score (nSPS) is 27.4. The molecular formula is C14H16N2O3. The predicted octanol–water partition coefficient (Wildman–Crippen LogP) is 1.61. The fraction of sp³-hybridized carbons (Fsp3) is 0.500. The molecule has 3 rings (SSSR count). The lowest BCUT2D eigenvalue weighted by molar-refractivity contribution is -0.152. The van der Waals surface area contributed by atoms with Gasteiger partial charge in [0.25, 0.3) is 0 Å². The maximum Gasteiger partial charge on any atom is 0.309 e. The Kier molecular flexibility index (Phi) is 2.97. The maximum atomic E-state index is 12.1. The van der Waals surface area contributed by atoms with Crippen molar-refractivity contribution in [2.45, 2.75) is 37.8 Å². The third-order valence-corrected chi connectivity index (χ3v) is 3.89. The minimum atomic E-state index is -0.839. The first kappa shape index (κ1) is 12.1. The first-order valence-electron chi connectivity index (χ1n) is 6.63. The summed E-state index contributed by atoms with van der Waals surface area (Å²) in [6.45, 7) is 0. The number of rotatable bonds is 3. The molecule has 1 aliphatic heterocycles. The lowest BCUT2D eigenvalue weighted by Gasteiger charge is -2.39. The lowest BCUT2D eigenvalue weighted by Crippen LogP contribution is -2.46. The largest absolute Gasteiger partial charge is 0.481 e. The minimum Gasteiger partial charge on any atom is -0.481 e. The first-order valence-corrected chi connectivity index (χ1v) is 6.63. The molecule has 1 amide bonds. The van der Waals surface area contributed by atoms with Crippen LogP contribution >= 0.6 is 0 Å². The van der Waals surface area contributed by atoms with Gasteiger partial charge in [0.2, 0.25) is 5.91 Å². The highest BCUT2D eigenvalue weighted by Gasteiger charge is 2.47. The number of amides is 1. The van der Waals surface area contributed by atoms with Gasteiger partial charge >= 0.3 is 5.97 Å². The Morgan fingerprint density at radius 1 is 1.32 bits per heavy atom. The zero-order valence-corrected chi connectivity index (χ0v) is 10.5. The highest BCUT2D eigenvalue weighted by Crippen LogP contribution is 2.42. The monoisotopic (exact) mass is 260 g/mol. The third kappa shape index (κ3) is 2.20. The number of hydrogen-bond acceptors (Lipinski definition) is 3. The molecule has 2 unspecified atom stereocenters. The van der Waals surface area contributed by atoms with Crippen LogP contribution in [-0.2, 0) is 9.59 Å². The van der Waals surface area contributed by atoms with Crippen LogP contribution < -0.4 is 0 Å². The fourth-order valence-corrected chi connectivity index (χ4v) is 2.86. The van der Waals surface area contributed by atoms with Gasteiger partial charge in [-0.1, -0.05) is 6.07 Å².